The smallest absolute Gasteiger partial charge is 0.137 e. The van der Waals surface area contributed by atoms with Crippen LogP contribution in [0.15, 0.2) is 12.1 Å². The lowest BCUT2D eigenvalue weighted by atomic mass is 9.92. The van der Waals surface area contributed by atoms with E-state index in [1.54, 1.807) is 19.2 Å². The minimum Gasteiger partial charge on any atom is -0.392 e. The predicted octanol–water partition coefficient (Wildman–Crippen LogP) is 1.40. The second-order valence-electron chi connectivity index (χ2n) is 5.01. The van der Waals surface area contributed by atoms with Crippen molar-refractivity contribution in [2.45, 2.75) is 26.4 Å². The number of aromatic amines is 1. The van der Waals surface area contributed by atoms with E-state index in [-0.39, 0.29) is 30.5 Å². The summed E-state index contributed by atoms with van der Waals surface area (Å²) >= 11 is 6.32. The van der Waals surface area contributed by atoms with Gasteiger partial charge in [-0.05, 0) is 29.3 Å². The van der Waals surface area contributed by atoms with E-state index < -0.39 is 0 Å². The molecule has 0 unspecified atom stereocenters. The molecular weight excluding hydrogens is 318 g/mol. The van der Waals surface area contributed by atoms with Crippen LogP contribution in [0.1, 0.15) is 28.1 Å². The van der Waals surface area contributed by atoms with Crippen molar-refractivity contribution in [3.8, 4) is 17.2 Å². The highest BCUT2D eigenvalue weighted by Crippen LogP contribution is 2.38. The van der Waals surface area contributed by atoms with Crippen LogP contribution in [0.25, 0.3) is 11.1 Å². The number of halogens is 1. The van der Waals surface area contributed by atoms with Gasteiger partial charge in [0, 0.05) is 17.8 Å². The van der Waals surface area contributed by atoms with Gasteiger partial charge < -0.3 is 25.6 Å². The fourth-order valence-corrected chi connectivity index (χ4v) is 3.00. The van der Waals surface area contributed by atoms with Crippen LogP contribution in [0.4, 0.5) is 0 Å². The molecule has 23 heavy (non-hydrogen) atoms. The molecule has 0 amide bonds. The number of nitrogens with zero attached hydrogens (tertiary/aromatic N) is 1. The Morgan fingerprint density at radius 2 is 1.87 bits per heavy atom. The number of hydrogen-bond acceptors (Lipinski definition) is 5. The third-order valence-corrected chi connectivity index (χ3v) is 4.14. The summed E-state index contributed by atoms with van der Waals surface area (Å²) in [5.41, 5.74) is 3.70. The molecule has 7 heteroatoms. The molecule has 1 aromatic heterocycles. The molecule has 6 nitrogen and oxygen atoms in total. The van der Waals surface area contributed by atoms with Crippen molar-refractivity contribution in [1.82, 2.24) is 10.3 Å². The molecule has 0 aliphatic rings. The molecule has 0 atom stereocenters. The normalized spacial score (nSPS) is 10.8. The van der Waals surface area contributed by atoms with Crippen molar-refractivity contribution in [2.24, 2.45) is 0 Å². The maximum atomic E-state index is 9.76. The van der Waals surface area contributed by atoms with E-state index in [1.165, 1.54) is 0 Å². The van der Waals surface area contributed by atoms with Crippen LogP contribution >= 0.6 is 11.6 Å². The van der Waals surface area contributed by atoms with Gasteiger partial charge in [-0.1, -0.05) is 23.7 Å². The first-order valence-electron chi connectivity index (χ1n) is 7.04. The highest BCUT2D eigenvalue weighted by molar-refractivity contribution is 6.34. The van der Waals surface area contributed by atoms with Gasteiger partial charge in [-0.15, -0.1) is 0 Å². The zero-order valence-electron chi connectivity index (χ0n) is 12.6. The molecule has 0 spiro atoms. The minimum absolute atomic E-state index is 0.239. The Morgan fingerprint density at radius 3 is 2.39 bits per heavy atom. The molecule has 0 saturated carbocycles. The van der Waals surface area contributed by atoms with E-state index >= 15 is 0 Å². The largest absolute Gasteiger partial charge is 0.392 e. The molecule has 0 bridgehead atoms. The van der Waals surface area contributed by atoms with Gasteiger partial charge in [0.15, 0.2) is 0 Å². The van der Waals surface area contributed by atoms with Crippen LogP contribution in [-0.2, 0) is 26.4 Å². The standard InChI is InChI=1S/C16H18ClN3O3/c1-19-5-14-15(16(17)13(4-18)20-14)10-3-2-9(6-21)11(7-22)12(10)8-23/h2-3,19-23H,5-8H2,1H3. The highest BCUT2D eigenvalue weighted by Gasteiger charge is 2.21. The number of rotatable bonds is 6. The summed E-state index contributed by atoms with van der Waals surface area (Å²) in [4.78, 5) is 2.97. The molecule has 2 rings (SSSR count). The Bertz CT molecular complexity index is 750. The van der Waals surface area contributed by atoms with E-state index in [9.17, 15) is 20.6 Å². The SMILES string of the molecule is CNCc1[nH]c(C#N)c(Cl)c1-c1ccc(CO)c(CO)c1CO. The van der Waals surface area contributed by atoms with Gasteiger partial charge in [0.1, 0.15) is 11.8 Å². The molecule has 0 radical (unpaired) electrons. The van der Waals surface area contributed by atoms with Crippen molar-refractivity contribution < 1.29 is 15.3 Å². The number of nitrogens with one attached hydrogen (secondary N) is 2. The lowest BCUT2D eigenvalue weighted by molar-refractivity contribution is 0.248. The Hall–Kier alpha value is -1.88. The zero-order valence-corrected chi connectivity index (χ0v) is 13.4. The Balaban J connectivity index is 2.76. The molecular formula is C16H18ClN3O3. The number of aromatic nitrogens is 1. The van der Waals surface area contributed by atoms with Crippen molar-refractivity contribution in [3.05, 3.63) is 45.2 Å². The summed E-state index contributed by atoms with van der Waals surface area (Å²) in [7, 11) is 1.77. The second kappa shape index (κ2) is 7.59. The molecule has 5 N–H and O–H groups in total. The lowest BCUT2D eigenvalue weighted by Gasteiger charge is -2.16. The minimum atomic E-state index is -0.318. The quantitative estimate of drug-likeness (QED) is 0.548. The predicted molar refractivity (Wildman–Crippen MR) is 86.5 cm³/mol. The van der Waals surface area contributed by atoms with Gasteiger partial charge in [-0.2, -0.15) is 5.26 Å². The topological polar surface area (TPSA) is 112 Å². The average molecular weight is 336 g/mol. The van der Waals surface area contributed by atoms with Crippen molar-refractivity contribution >= 4 is 11.6 Å². The van der Waals surface area contributed by atoms with Crippen molar-refractivity contribution in [1.29, 1.82) is 5.26 Å². The summed E-state index contributed by atoms with van der Waals surface area (Å²) in [6.45, 7) is -0.412. The van der Waals surface area contributed by atoms with Crippen LogP contribution in [-0.4, -0.2) is 27.4 Å². The van der Waals surface area contributed by atoms with Crippen LogP contribution < -0.4 is 5.32 Å². The van der Waals surface area contributed by atoms with E-state index in [0.717, 1.165) is 0 Å². The molecule has 0 fully saturated rings. The highest BCUT2D eigenvalue weighted by atomic mass is 35.5. The zero-order chi connectivity index (χ0) is 17.0. The average Bonchev–Trinajstić information content (AvgIpc) is 2.89. The lowest BCUT2D eigenvalue weighted by Crippen LogP contribution is -2.08. The first-order chi connectivity index (χ1) is 11.1. The summed E-state index contributed by atoms with van der Waals surface area (Å²) < 4.78 is 0. The van der Waals surface area contributed by atoms with E-state index in [0.29, 0.717) is 40.1 Å². The summed E-state index contributed by atoms with van der Waals surface area (Å²) in [5.74, 6) is 0. The van der Waals surface area contributed by atoms with Gasteiger partial charge in [0.25, 0.3) is 0 Å². The van der Waals surface area contributed by atoms with Crippen LogP contribution in [0, 0.1) is 11.3 Å². The van der Waals surface area contributed by atoms with E-state index in [2.05, 4.69) is 10.3 Å². The maximum absolute atomic E-state index is 9.76. The van der Waals surface area contributed by atoms with Gasteiger partial charge >= 0.3 is 0 Å². The summed E-state index contributed by atoms with van der Waals surface area (Å²) in [5, 5.41) is 41.2. The van der Waals surface area contributed by atoms with E-state index in [1.807, 2.05) is 6.07 Å². The van der Waals surface area contributed by atoms with Gasteiger partial charge in [0.2, 0.25) is 0 Å². The number of nitriles is 1. The third kappa shape index (κ3) is 3.11. The monoisotopic (exact) mass is 335 g/mol. The van der Waals surface area contributed by atoms with Gasteiger partial charge in [-0.25, -0.2) is 0 Å². The molecule has 0 saturated heterocycles. The molecule has 0 aliphatic carbocycles. The summed E-state index contributed by atoms with van der Waals surface area (Å²) in [6, 6.07) is 5.41. The third-order valence-electron chi connectivity index (χ3n) is 3.77. The molecule has 1 heterocycles. The van der Waals surface area contributed by atoms with Crippen LogP contribution in [0.5, 0.6) is 0 Å². The van der Waals surface area contributed by atoms with Crippen LogP contribution in [0.3, 0.4) is 0 Å². The molecule has 1 aromatic carbocycles. The fraction of sp³-hybridized carbons (Fsp3) is 0.312. The Labute approximate surface area is 139 Å². The number of aliphatic hydroxyl groups is 3. The first kappa shape index (κ1) is 17.5. The van der Waals surface area contributed by atoms with E-state index in [4.69, 9.17) is 11.6 Å². The Morgan fingerprint density at radius 1 is 1.17 bits per heavy atom. The number of benzene rings is 1. The molecule has 122 valence electrons. The summed E-state index contributed by atoms with van der Waals surface area (Å²) in [6.07, 6.45) is 0. The van der Waals surface area contributed by atoms with Crippen LogP contribution in [0.2, 0.25) is 5.02 Å². The first-order valence-corrected chi connectivity index (χ1v) is 7.42. The van der Waals surface area contributed by atoms with Crippen molar-refractivity contribution in [2.75, 3.05) is 7.05 Å². The van der Waals surface area contributed by atoms with Gasteiger partial charge in [-0.3, -0.25) is 0 Å². The van der Waals surface area contributed by atoms with Crippen molar-refractivity contribution in [3.63, 3.8) is 0 Å². The molecule has 2 aromatic rings. The fourth-order valence-electron chi connectivity index (χ4n) is 2.69. The number of aliphatic hydroxyl groups excluding tert-OH is 3. The maximum Gasteiger partial charge on any atom is 0.137 e. The number of hydrogen-bond donors (Lipinski definition) is 5. The molecule has 0 aliphatic heterocycles. The Kier molecular flexibility index (Phi) is 5.77. The van der Waals surface area contributed by atoms with Gasteiger partial charge in [0.05, 0.1) is 24.8 Å². The number of H-pyrrole nitrogens is 1. The second-order valence-corrected chi connectivity index (χ2v) is 5.39.